The third-order valence-corrected chi connectivity index (χ3v) is 2.10. The molecule has 0 radical (unpaired) electrons. The van der Waals surface area contributed by atoms with Crippen LogP contribution >= 0.6 is 0 Å². The Morgan fingerprint density at radius 3 is 2.36 bits per heavy atom. The van der Waals surface area contributed by atoms with Crippen LogP contribution < -0.4 is 5.32 Å². The van der Waals surface area contributed by atoms with Crippen LogP contribution in [0.15, 0.2) is 37.6 Å². The highest BCUT2D eigenvalue weighted by atomic mass is 14.8. The highest BCUT2D eigenvalue weighted by Gasteiger charge is 1.98. The van der Waals surface area contributed by atoms with E-state index in [1.807, 2.05) is 12.2 Å². The van der Waals surface area contributed by atoms with E-state index in [1.165, 1.54) is 12.8 Å². The van der Waals surface area contributed by atoms with Gasteiger partial charge in [0.1, 0.15) is 0 Å². The lowest BCUT2D eigenvalue weighted by Crippen LogP contribution is -2.07. The molecule has 0 spiro atoms. The number of rotatable bonds is 9. The van der Waals surface area contributed by atoms with E-state index in [4.69, 9.17) is 0 Å². The zero-order chi connectivity index (χ0) is 10.6. The molecule has 0 saturated carbocycles. The quantitative estimate of drug-likeness (QED) is 0.435. The van der Waals surface area contributed by atoms with E-state index < -0.39 is 0 Å². The maximum absolute atomic E-state index is 3.75. The first kappa shape index (κ1) is 13.0. The van der Waals surface area contributed by atoms with Crippen molar-refractivity contribution in [2.24, 2.45) is 5.92 Å². The fourth-order valence-electron chi connectivity index (χ4n) is 1.25. The third kappa shape index (κ3) is 7.66. The molecule has 1 nitrogen and oxygen atoms in total. The minimum Gasteiger partial charge on any atom is -0.391 e. The van der Waals surface area contributed by atoms with Crippen LogP contribution in [0.4, 0.5) is 0 Å². The SMILES string of the molecule is C=CCC(C=CNCCCC)CC=C. The van der Waals surface area contributed by atoms with Crippen molar-refractivity contribution in [2.45, 2.75) is 32.6 Å². The topological polar surface area (TPSA) is 12.0 Å². The maximum atomic E-state index is 3.75. The molecule has 0 aromatic heterocycles. The maximum Gasteiger partial charge on any atom is 0.0141 e. The van der Waals surface area contributed by atoms with Crippen LogP contribution in [-0.4, -0.2) is 6.54 Å². The molecule has 0 aliphatic rings. The Bertz CT molecular complexity index is 160. The first-order chi connectivity index (χ1) is 6.85. The van der Waals surface area contributed by atoms with E-state index in [-0.39, 0.29) is 0 Å². The Morgan fingerprint density at radius 1 is 1.21 bits per heavy atom. The number of hydrogen-bond acceptors (Lipinski definition) is 1. The summed E-state index contributed by atoms with van der Waals surface area (Å²) in [6, 6.07) is 0. The van der Waals surface area contributed by atoms with Crippen LogP contribution in [0.2, 0.25) is 0 Å². The Morgan fingerprint density at radius 2 is 1.86 bits per heavy atom. The highest BCUT2D eigenvalue weighted by molar-refractivity contribution is 4.93. The predicted octanol–water partition coefficient (Wildman–Crippen LogP) is 3.66. The molecule has 0 unspecified atom stereocenters. The number of unbranched alkanes of at least 4 members (excludes halogenated alkanes) is 1. The van der Waals surface area contributed by atoms with Gasteiger partial charge in [0.15, 0.2) is 0 Å². The first-order valence-corrected chi connectivity index (χ1v) is 5.47. The molecule has 1 N–H and O–H groups in total. The molecular formula is C13H23N. The minimum absolute atomic E-state index is 0.555. The molecule has 1 heteroatoms. The largest absolute Gasteiger partial charge is 0.391 e. The van der Waals surface area contributed by atoms with Crippen LogP contribution in [0.3, 0.4) is 0 Å². The average molecular weight is 193 g/mol. The third-order valence-electron chi connectivity index (χ3n) is 2.10. The van der Waals surface area contributed by atoms with E-state index in [2.05, 4.69) is 37.7 Å². The standard InChI is InChI=1S/C13H23N/c1-4-7-11-14-12-10-13(8-5-2)9-6-3/h5-6,10,12-14H,2-4,7-9,11H2,1H3. The van der Waals surface area contributed by atoms with Gasteiger partial charge in [-0.2, -0.15) is 0 Å². The Labute approximate surface area is 88.6 Å². The van der Waals surface area contributed by atoms with Crippen LogP contribution in [-0.2, 0) is 0 Å². The van der Waals surface area contributed by atoms with Crippen LogP contribution in [0.1, 0.15) is 32.6 Å². The fraction of sp³-hybridized carbons (Fsp3) is 0.538. The van der Waals surface area contributed by atoms with Crippen molar-refractivity contribution in [1.29, 1.82) is 0 Å². The van der Waals surface area contributed by atoms with Gasteiger partial charge in [-0.25, -0.2) is 0 Å². The Hall–Kier alpha value is -0.980. The van der Waals surface area contributed by atoms with Gasteiger partial charge in [0, 0.05) is 6.54 Å². The monoisotopic (exact) mass is 193 g/mol. The molecule has 80 valence electrons. The summed E-state index contributed by atoms with van der Waals surface area (Å²) >= 11 is 0. The van der Waals surface area contributed by atoms with Crippen molar-refractivity contribution in [2.75, 3.05) is 6.54 Å². The smallest absolute Gasteiger partial charge is 0.0141 e. The van der Waals surface area contributed by atoms with Crippen LogP contribution in [0, 0.1) is 5.92 Å². The van der Waals surface area contributed by atoms with E-state index >= 15 is 0 Å². The van der Waals surface area contributed by atoms with Crippen molar-refractivity contribution >= 4 is 0 Å². The van der Waals surface area contributed by atoms with Gasteiger partial charge in [0.2, 0.25) is 0 Å². The average Bonchev–Trinajstić information content (AvgIpc) is 2.18. The zero-order valence-corrected chi connectivity index (χ0v) is 9.34. The highest BCUT2D eigenvalue weighted by Crippen LogP contribution is 2.10. The molecule has 0 fully saturated rings. The summed E-state index contributed by atoms with van der Waals surface area (Å²) in [7, 11) is 0. The van der Waals surface area contributed by atoms with E-state index in [0.717, 1.165) is 19.4 Å². The van der Waals surface area contributed by atoms with Gasteiger partial charge in [0.25, 0.3) is 0 Å². The van der Waals surface area contributed by atoms with Crippen molar-refractivity contribution in [3.8, 4) is 0 Å². The summed E-state index contributed by atoms with van der Waals surface area (Å²) in [5.41, 5.74) is 0. The van der Waals surface area contributed by atoms with Crippen molar-refractivity contribution < 1.29 is 0 Å². The van der Waals surface area contributed by atoms with Gasteiger partial charge in [-0.15, -0.1) is 13.2 Å². The van der Waals surface area contributed by atoms with Crippen molar-refractivity contribution in [3.05, 3.63) is 37.6 Å². The predicted molar refractivity (Wildman–Crippen MR) is 65.2 cm³/mol. The van der Waals surface area contributed by atoms with Crippen molar-refractivity contribution in [3.63, 3.8) is 0 Å². The minimum atomic E-state index is 0.555. The molecule has 0 bridgehead atoms. The molecule has 0 rings (SSSR count). The molecule has 0 aliphatic carbocycles. The number of nitrogens with one attached hydrogen (secondary N) is 1. The van der Waals surface area contributed by atoms with Gasteiger partial charge in [-0.05, 0) is 31.4 Å². The van der Waals surface area contributed by atoms with Gasteiger partial charge < -0.3 is 5.32 Å². The summed E-state index contributed by atoms with van der Waals surface area (Å²) < 4.78 is 0. The summed E-state index contributed by atoms with van der Waals surface area (Å²) in [5, 5.41) is 3.28. The molecule has 0 aromatic carbocycles. The van der Waals surface area contributed by atoms with Gasteiger partial charge in [0.05, 0.1) is 0 Å². The summed E-state index contributed by atoms with van der Waals surface area (Å²) in [6.07, 6.45) is 12.7. The van der Waals surface area contributed by atoms with E-state index in [0.29, 0.717) is 5.92 Å². The zero-order valence-electron chi connectivity index (χ0n) is 9.34. The Balaban J connectivity index is 3.65. The van der Waals surface area contributed by atoms with Crippen LogP contribution in [0.5, 0.6) is 0 Å². The first-order valence-electron chi connectivity index (χ1n) is 5.47. The molecule has 0 aliphatic heterocycles. The van der Waals surface area contributed by atoms with Gasteiger partial charge in [-0.3, -0.25) is 0 Å². The molecule has 14 heavy (non-hydrogen) atoms. The lowest BCUT2D eigenvalue weighted by Gasteiger charge is -2.06. The number of hydrogen-bond donors (Lipinski definition) is 1. The van der Waals surface area contributed by atoms with Crippen LogP contribution in [0.25, 0.3) is 0 Å². The summed E-state index contributed by atoms with van der Waals surface area (Å²) in [5.74, 6) is 0.555. The molecule has 0 aromatic rings. The molecule has 0 heterocycles. The Kier molecular flexibility index (Phi) is 9.40. The molecule has 0 atom stereocenters. The lowest BCUT2D eigenvalue weighted by molar-refractivity contribution is 0.664. The normalized spacial score (nSPS) is 10.7. The lowest BCUT2D eigenvalue weighted by atomic mass is 10.0. The van der Waals surface area contributed by atoms with E-state index in [1.54, 1.807) is 0 Å². The van der Waals surface area contributed by atoms with Gasteiger partial charge >= 0.3 is 0 Å². The summed E-state index contributed by atoms with van der Waals surface area (Å²) in [4.78, 5) is 0. The molecular weight excluding hydrogens is 170 g/mol. The second-order valence-electron chi connectivity index (χ2n) is 3.48. The molecule has 0 amide bonds. The number of allylic oxidation sites excluding steroid dienone is 3. The van der Waals surface area contributed by atoms with Gasteiger partial charge in [-0.1, -0.05) is 31.6 Å². The fourth-order valence-corrected chi connectivity index (χ4v) is 1.25. The second-order valence-corrected chi connectivity index (χ2v) is 3.48. The molecule has 0 saturated heterocycles. The van der Waals surface area contributed by atoms with Crippen molar-refractivity contribution in [1.82, 2.24) is 5.32 Å². The summed E-state index contributed by atoms with van der Waals surface area (Å²) in [6.45, 7) is 10.8. The van der Waals surface area contributed by atoms with E-state index in [9.17, 15) is 0 Å². The second kappa shape index (κ2) is 10.1.